The number of aliphatic hydroxyl groups is 1. The van der Waals surface area contributed by atoms with Crippen molar-refractivity contribution in [2.24, 2.45) is 0 Å². The molecule has 0 aliphatic carbocycles. The Bertz CT molecular complexity index is 260. The van der Waals surface area contributed by atoms with Gasteiger partial charge < -0.3 is 14.7 Å². The number of ether oxygens (including phenoxy) is 1. The molecular weight excluding hydrogens is 208 g/mol. The van der Waals surface area contributed by atoms with E-state index < -0.39 is 6.10 Å². The van der Waals surface area contributed by atoms with E-state index in [0.717, 1.165) is 26.1 Å². The lowest BCUT2D eigenvalue weighted by atomic mass is 10.1. The van der Waals surface area contributed by atoms with Crippen LogP contribution in [-0.4, -0.2) is 72.9 Å². The van der Waals surface area contributed by atoms with Gasteiger partial charge in [0, 0.05) is 45.8 Å². The van der Waals surface area contributed by atoms with Gasteiger partial charge in [-0.2, -0.15) is 0 Å². The van der Waals surface area contributed by atoms with Crippen LogP contribution in [0.5, 0.6) is 0 Å². The van der Waals surface area contributed by atoms with E-state index in [4.69, 9.17) is 4.74 Å². The number of carbonyl (C=O) groups is 1. The van der Waals surface area contributed by atoms with Crippen LogP contribution in [0.3, 0.4) is 0 Å². The second-order valence-electron chi connectivity index (χ2n) is 4.65. The van der Waals surface area contributed by atoms with Crippen LogP contribution >= 0.6 is 0 Å². The molecule has 5 heteroatoms. The number of aliphatic hydroxyl groups excluding tert-OH is 1. The van der Waals surface area contributed by atoms with Crippen molar-refractivity contribution in [3.63, 3.8) is 0 Å². The fourth-order valence-electron chi connectivity index (χ4n) is 2.64. The summed E-state index contributed by atoms with van der Waals surface area (Å²) in [5.74, 6) is 0.294. The van der Waals surface area contributed by atoms with Gasteiger partial charge in [-0.15, -0.1) is 0 Å². The smallest absolute Gasteiger partial charge is 0.222 e. The first-order chi connectivity index (χ1) is 7.70. The fraction of sp³-hybridized carbons (Fsp3) is 0.909. The normalized spacial score (nSPS) is 28.2. The van der Waals surface area contributed by atoms with Gasteiger partial charge in [0.15, 0.2) is 0 Å². The monoisotopic (exact) mass is 228 g/mol. The van der Waals surface area contributed by atoms with E-state index in [1.807, 2.05) is 4.90 Å². The Kier molecular flexibility index (Phi) is 3.78. The first kappa shape index (κ1) is 11.8. The third-order valence-electron chi connectivity index (χ3n) is 3.41. The summed E-state index contributed by atoms with van der Waals surface area (Å²) < 4.78 is 4.91. The summed E-state index contributed by atoms with van der Waals surface area (Å²) in [7, 11) is 1.59. The Morgan fingerprint density at radius 2 is 2.38 bits per heavy atom. The Hall–Kier alpha value is -0.650. The maximum atomic E-state index is 11.5. The van der Waals surface area contributed by atoms with Crippen LogP contribution in [0.25, 0.3) is 0 Å². The van der Waals surface area contributed by atoms with E-state index in [0.29, 0.717) is 31.5 Å². The Morgan fingerprint density at radius 3 is 3.12 bits per heavy atom. The number of nitrogens with zero attached hydrogens (tertiary/aromatic N) is 2. The molecule has 0 aromatic heterocycles. The van der Waals surface area contributed by atoms with E-state index in [-0.39, 0.29) is 0 Å². The first-order valence-electron chi connectivity index (χ1n) is 5.89. The Labute approximate surface area is 96.0 Å². The highest BCUT2D eigenvalue weighted by molar-refractivity contribution is 5.78. The molecule has 5 nitrogen and oxygen atoms in total. The summed E-state index contributed by atoms with van der Waals surface area (Å²) in [6, 6.07) is 0.371. The standard InChI is InChI=1S/C11H20N2O3/c1-16-8-10(14)7-12-4-5-13-9(6-12)2-3-11(13)15/h9-10,14H,2-8H2,1H3. The molecule has 2 aliphatic rings. The van der Waals surface area contributed by atoms with Crippen molar-refractivity contribution in [2.75, 3.05) is 39.9 Å². The lowest BCUT2D eigenvalue weighted by molar-refractivity contribution is -0.130. The number of methoxy groups -OCH3 is 1. The number of hydrogen-bond donors (Lipinski definition) is 1. The second-order valence-corrected chi connectivity index (χ2v) is 4.65. The highest BCUT2D eigenvalue weighted by Gasteiger charge is 2.35. The molecule has 0 radical (unpaired) electrons. The minimum atomic E-state index is -0.423. The molecule has 0 aromatic rings. The lowest BCUT2D eigenvalue weighted by Crippen LogP contribution is -2.53. The van der Waals surface area contributed by atoms with Gasteiger partial charge in [0.05, 0.1) is 12.7 Å². The highest BCUT2D eigenvalue weighted by Crippen LogP contribution is 2.22. The van der Waals surface area contributed by atoms with Crippen molar-refractivity contribution in [1.29, 1.82) is 0 Å². The van der Waals surface area contributed by atoms with Gasteiger partial charge in [0.25, 0.3) is 0 Å². The van der Waals surface area contributed by atoms with Crippen molar-refractivity contribution < 1.29 is 14.6 Å². The molecule has 0 bridgehead atoms. The zero-order valence-electron chi connectivity index (χ0n) is 9.76. The van der Waals surface area contributed by atoms with E-state index in [1.54, 1.807) is 7.11 Å². The average Bonchev–Trinajstić information content (AvgIpc) is 2.60. The predicted octanol–water partition coefficient (Wildman–Crippen LogP) is -0.700. The largest absolute Gasteiger partial charge is 0.389 e. The van der Waals surface area contributed by atoms with Gasteiger partial charge in [-0.3, -0.25) is 9.69 Å². The lowest BCUT2D eigenvalue weighted by Gasteiger charge is -2.38. The van der Waals surface area contributed by atoms with Crippen molar-refractivity contribution in [3.05, 3.63) is 0 Å². The predicted molar refractivity (Wildman–Crippen MR) is 59.1 cm³/mol. The molecule has 0 aromatic carbocycles. The molecule has 2 fully saturated rings. The average molecular weight is 228 g/mol. The quantitative estimate of drug-likeness (QED) is 0.691. The molecule has 2 aliphatic heterocycles. The molecule has 2 unspecified atom stereocenters. The topological polar surface area (TPSA) is 53.0 Å². The summed E-state index contributed by atoms with van der Waals surface area (Å²) in [5, 5.41) is 9.65. The van der Waals surface area contributed by atoms with Crippen LogP contribution in [0.2, 0.25) is 0 Å². The SMILES string of the molecule is COCC(O)CN1CCN2C(=O)CCC2C1. The van der Waals surface area contributed by atoms with Gasteiger partial charge in [-0.05, 0) is 6.42 Å². The van der Waals surface area contributed by atoms with Crippen LogP contribution in [0.15, 0.2) is 0 Å². The molecule has 0 saturated carbocycles. The van der Waals surface area contributed by atoms with Crippen LogP contribution in [0.1, 0.15) is 12.8 Å². The number of piperazine rings is 1. The van der Waals surface area contributed by atoms with Crippen LogP contribution in [-0.2, 0) is 9.53 Å². The minimum absolute atomic E-state index is 0.294. The minimum Gasteiger partial charge on any atom is -0.389 e. The van der Waals surface area contributed by atoms with Crippen LogP contribution in [0.4, 0.5) is 0 Å². The number of fused-ring (bicyclic) bond motifs is 1. The van der Waals surface area contributed by atoms with E-state index in [2.05, 4.69) is 4.90 Å². The van der Waals surface area contributed by atoms with E-state index in [9.17, 15) is 9.90 Å². The number of amides is 1. The number of β-amino-alcohol motifs (C(OH)–C–C–N with tert-alkyl or cyclic N) is 1. The van der Waals surface area contributed by atoms with Crippen LogP contribution < -0.4 is 0 Å². The van der Waals surface area contributed by atoms with Gasteiger partial charge >= 0.3 is 0 Å². The molecule has 0 spiro atoms. The van der Waals surface area contributed by atoms with Crippen molar-refractivity contribution in [3.8, 4) is 0 Å². The summed E-state index contributed by atoms with van der Waals surface area (Å²) in [6.07, 6.45) is 1.24. The maximum absolute atomic E-state index is 11.5. The van der Waals surface area contributed by atoms with Crippen molar-refractivity contribution >= 4 is 5.91 Å². The molecule has 2 rings (SSSR count). The highest BCUT2D eigenvalue weighted by atomic mass is 16.5. The van der Waals surface area contributed by atoms with Crippen molar-refractivity contribution in [1.82, 2.24) is 9.80 Å². The molecule has 2 atom stereocenters. The summed E-state index contributed by atoms with van der Waals surface area (Å²) in [6.45, 7) is 3.59. The molecule has 2 saturated heterocycles. The molecule has 2 heterocycles. The Morgan fingerprint density at radius 1 is 1.56 bits per heavy atom. The van der Waals surface area contributed by atoms with Gasteiger partial charge in [-0.1, -0.05) is 0 Å². The second kappa shape index (κ2) is 5.12. The van der Waals surface area contributed by atoms with Gasteiger partial charge in [-0.25, -0.2) is 0 Å². The van der Waals surface area contributed by atoms with E-state index in [1.165, 1.54) is 0 Å². The molecular formula is C11H20N2O3. The summed E-state index contributed by atoms with van der Waals surface area (Å²) >= 11 is 0. The maximum Gasteiger partial charge on any atom is 0.222 e. The molecule has 1 N–H and O–H groups in total. The molecule has 16 heavy (non-hydrogen) atoms. The Balaban J connectivity index is 1.80. The number of hydrogen-bond acceptors (Lipinski definition) is 4. The zero-order chi connectivity index (χ0) is 11.5. The fourth-order valence-corrected chi connectivity index (χ4v) is 2.64. The number of rotatable bonds is 4. The van der Waals surface area contributed by atoms with Crippen molar-refractivity contribution in [2.45, 2.75) is 25.0 Å². The molecule has 1 amide bonds. The number of carbonyl (C=O) groups excluding carboxylic acids is 1. The van der Waals surface area contributed by atoms with Gasteiger partial charge in [0.1, 0.15) is 0 Å². The van der Waals surface area contributed by atoms with E-state index >= 15 is 0 Å². The third-order valence-corrected chi connectivity index (χ3v) is 3.41. The molecule has 92 valence electrons. The first-order valence-corrected chi connectivity index (χ1v) is 5.89. The zero-order valence-corrected chi connectivity index (χ0v) is 9.76. The summed E-state index contributed by atoms with van der Waals surface area (Å²) in [5.41, 5.74) is 0. The van der Waals surface area contributed by atoms with Crippen LogP contribution in [0, 0.1) is 0 Å². The third kappa shape index (κ3) is 2.53. The van der Waals surface area contributed by atoms with Gasteiger partial charge in [0.2, 0.25) is 5.91 Å². The summed E-state index contributed by atoms with van der Waals surface area (Å²) in [4.78, 5) is 15.7.